The van der Waals surface area contributed by atoms with Crippen LogP contribution in [0.15, 0.2) is 12.3 Å². The molecule has 0 spiro atoms. The van der Waals surface area contributed by atoms with Crippen molar-refractivity contribution in [2.24, 2.45) is 0 Å². The van der Waals surface area contributed by atoms with Gasteiger partial charge >= 0.3 is 0 Å². The first kappa shape index (κ1) is 11.7. The first-order chi connectivity index (χ1) is 4.81. The summed E-state index contributed by atoms with van der Waals surface area (Å²) < 4.78 is 0. The number of aliphatic hydroxyl groups is 1. The Bertz CT molecular complexity index is 223. The van der Waals surface area contributed by atoms with Crippen LogP contribution in [0, 0.1) is 0 Å². The number of aromatic nitrogens is 2. The third kappa shape index (κ3) is 1.72. The molecule has 0 aromatic carbocycles. The zero-order valence-electron chi connectivity index (χ0n) is 6.28. The second-order valence-corrected chi connectivity index (χ2v) is 2.61. The minimum atomic E-state index is -0.684. The van der Waals surface area contributed by atoms with Crippen LogP contribution in [0.3, 0.4) is 0 Å². The van der Waals surface area contributed by atoms with E-state index in [4.69, 9.17) is 0 Å². The fraction of sp³-hybridized carbons (Fsp3) is 0.500. The van der Waals surface area contributed by atoms with E-state index in [1.807, 2.05) is 0 Å². The van der Waals surface area contributed by atoms with Gasteiger partial charge in [0.1, 0.15) is 5.60 Å². The maximum atomic E-state index is 9.64. The average Bonchev–Trinajstić information content (AvgIpc) is 2.33. The zero-order chi connectivity index (χ0) is 7.03. The molecule has 0 bridgehead atoms. The SMILES string of the molecule is Cl.Cl.OC1(c2ccn[nH]2)CNC1. The smallest absolute Gasteiger partial charge is 0.131 e. The van der Waals surface area contributed by atoms with Crippen LogP contribution in [0.4, 0.5) is 0 Å². The van der Waals surface area contributed by atoms with Gasteiger partial charge < -0.3 is 10.4 Å². The number of rotatable bonds is 1. The Hall–Kier alpha value is -0.290. The summed E-state index contributed by atoms with van der Waals surface area (Å²) in [7, 11) is 0. The molecule has 3 N–H and O–H groups in total. The number of nitrogens with zero attached hydrogens (tertiary/aromatic N) is 1. The zero-order valence-corrected chi connectivity index (χ0v) is 7.91. The summed E-state index contributed by atoms with van der Waals surface area (Å²) in [4.78, 5) is 0. The van der Waals surface area contributed by atoms with Gasteiger partial charge in [0, 0.05) is 19.3 Å². The highest BCUT2D eigenvalue weighted by molar-refractivity contribution is 5.85. The number of H-pyrrole nitrogens is 1. The van der Waals surface area contributed by atoms with Gasteiger partial charge in [0.15, 0.2) is 0 Å². The van der Waals surface area contributed by atoms with Gasteiger partial charge in [-0.25, -0.2) is 0 Å². The third-order valence-electron chi connectivity index (χ3n) is 1.84. The van der Waals surface area contributed by atoms with E-state index in [0.29, 0.717) is 13.1 Å². The van der Waals surface area contributed by atoms with Crippen molar-refractivity contribution in [1.29, 1.82) is 0 Å². The van der Waals surface area contributed by atoms with Crippen molar-refractivity contribution in [3.63, 3.8) is 0 Å². The Balaban J connectivity index is 0.000000605. The molecule has 0 saturated carbocycles. The fourth-order valence-electron chi connectivity index (χ4n) is 1.07. The van der Waals surface area contributed by atoms with Crippen molar-refractivity contribution in [3.8, 4) is 0 Å². The topological polar surface area (TPSA) is 60.9 Å². The van der Waals surface area contributed by atoms with Gasteiger partial charge in [-0.1, -0.05) is 0 Å². The van der Waals surface area contributed by atoms with Crippen LogP contribution in [0.25, 0.3) is 0 Å². The molecule has 1 aliphatic heterocycles. The predicted octanol–water partition coefficient (Wildman–Crippen LogP) is 0.0441. The molecule has 1 saturated heterocycles. The molecule has 1 fully saturated rings. The molecule has 0 aliphatic carbocycles. The molecule has 0 unspecified atom stereocenters. The van der Waals surface area contributed by atoms with Crippen molar-refractivity contribution in [1.82, 2.24) is 15.5 Å². The first-order valence-electron chi connectivity index (χ1n) is 3.24. The van der Waals surface area contributed by atoms with E-state index >= 15 is 0 Å². The van der Waals surface area contributed by atoms with Crippen molar-refractivity contribution in [2.75, 3.05) is 13.1 Å². The number of hydrogen-bond acceptors (Lipinski definition) is 3. The highest BCUT2D eigenvalue weighted by Gasteiger charge is 2.37. The molecule has 2 rings (SSSR count). The first-order valence-corrected chi connectivity index (χ1v) is 3.24. The van der Waals surface area contributed by atoms with Crippen LogP contribution in [-0.2, 0) is 5.60 Å². The van der Waals surface area contributed by atoms with Crippen LogP contribution in [-0.4, -0.2) is 28.4 Å². The molecule has 1 aromatic rings. The van der Waals surface area contributed by atoms with E-state index in [1.54, 1.807) is 12.3 Å². The molecule has 0 atom stereocenters. The van der Waals surface area contributed by atoms with Crippen LogP contribution < -0.4 is 5.32 Å². The highest BCUT2D eigenvalue weighted by Crippen LogP contribution is 2.21. The van der Waals surface area contributed by atoms with E-state index in [-0.39, 0.29) is 24.8 Å². The minimum Gasteiger partial charge on any atom is -0.381 e. The summed E-state index contributed by atoms with van der Waals surface area (Å²) in [5.74, 6) is 0. The number of hydrogen-bond donors (Lipinski definition) is 3. The molecule has 4 nitrogen and oxygen atoms in total. The van der Waals surface area contributed by atoms with Crippen molar-refractivity contribution < 1.29 is 5.11 Å². The Morgan fingerprint density at radius 3 is 2.42 bits per heavy atom. The van der Waals surface area contributed by atoms with Gasteiger partial charge in [0.05, 0.1) is 5.69 Å². The van der Waals surface area contributed by atoms with E-state index in [0.717, 1.165) is 5.69 Å². The summed E-state index contributed by atoms with van der Waals surface area (Å²) >= 11 is 0. The summed E-state index contributed by atoms with van der Waals surface area (Å²) in [6.45, 7) is 1.24. The van der Waals surface area contributed by atoms with Crippen LogP contribution >= 0.6 is 24.8 Å². The van der Waals surface area contributed by atoms with E-state index in [2.05, 4.69) is 15.5 Å². The Morgan fingerprint density at radius 1 is 1.42 bits per heavy atom. The molecule has 1 aromatic heterocycles. The van der Waals surface area contributed by atoms with Crippen molar-refractivity contribution >= 4 is 24.8 Å². The van der Waals surface area contributed by atoms with Crippen molar-refractivity contribution in [2.45, 2.75) is 5.60 Å². The molecule has 0 radical (unpaired) electrons. The number of halogens is 2. The molecular formula is C6H11Cl2N3O. The normalized spacial score (nSPS) is 18.4. The van der Waals surface area contributed by atoms with E-state index < -0.39 is 5.60 Å². The fourth-order valence-corrected chi connectivity index (χ4v) is 1.07. The Labute approximate surface area is 82.6 Å². The largest absolute Gasteiger partial charge is 0.381 e. The summed E-state index contributed by atoms with van der Waals surface area (Å²) in [6, 6.07) is 1.79. The molecule has 0 amide bonds. The number of β-amino-alcohol motifs (C(OH)–C–C–N with tert-alkyl or cyclic N) is 1. The molecule has 6 heteroatoms. The second-order valence-electron chi connectivity index (χ2n) is 2.61. The molecule has 70 valence electrons. The lowest BCUT2D eigenvalue weighted by atomic mass is 9.93. The monoisotopic (exact) mass is 211 g/mol. The molecular weight excluding hydrogens is 201 g/mol. The number of aromatic amines is 1. The number of nitrogens with one attached hydrogen (secondary N) is 2. The summed E-state index contributed by atoms with van der Waals surface area (Å²) in [5.41, 5.74) is 0.113. The average molecular weight is 212 g/mol. The summed E-state index contributed by atoms with van der Waals surface area (Å²) in [6.07, 6.45) is 1.64. The van der Waals surface area contributed by atoms with Crippen LogP contribution in [0.5, 0.6) is 0 Å². The van der Waals surface area contributed by atoms with Gasteiger partial charge in [-0.05, 0) is 6.07 Å². The van der Waals surface area contributed by atoms with Gasteiger partial charge in [-0.15, -0.1) is 24.8 Å². The van der Waals surface area contributed by atoms with E-state index in [9.17, 15) is 5.11 Å². The van der Waals surface area contributed by atoms with Gasteiger partial charge in [0.25, 0.3) is 0 Å². The third-order valence-corrected chi connectivity index (χ3v) is 1.84. The Morgan fingerprint density at radius 2 is 2.08 bits per heavy atom. The highest BCUT2D eigenvalue weighted by atomic mass is 35.5. The van der Waals surface area contributed by atoms with Gasteiger partial charge in [-0.2, -0.15) is 5.10 Å². The maximum Gasteiger partial charge on any atom is 0.131 e. The summed E-state index contributed by atoms with van der Waals surface area (Å²) in [5, 5.41) is 19.1. The maximum absolute atomic E-state index is 9.64. The molecule has 1 aliphatic rings. The second kappa shape index (κ2) is 4.09. The quantitative estimate of drug-likeness (QED) is 0.616. The van der Waals surface area contributed by atoms with Gasteiger partial charge in [0.2, 0.25) is 0 Å². The predicted molar refractivity (Wildman–Crippen MR) is 49.9 cm³/mol. The van der Waals surface area contributed by atoms with Crippen LogP contribution in [0.1, 0.15) is 5.69 Å². The Kier molecular flexibility index (Phi) is 3.99. The molecule has 2 heterocycles. The van der Waals surface area contributed by atoms with E-state index in [1.165, 1.54) is 0 Å². The minimum absolute atomic E-state index is 0. The molecule has 12 heavy (non-hydrogen) atoms. The van der Waals surface area contributed by atoms with Crippen LogP contribution in [0.2, 0.25) is 0 Å². The van der Waals surface area contributed by atoms with Crippen molar-refractivity contribution in [3.05, 3.63) is 18.0 Å². The lowest BCUT2D eigenvalue weighted by Crippen LogP contribution is -2.56. The standard InChI is InChI=1S/C6H9N3O.2ClH/c10-6(3-7-4-6)5-1-2-8-9-5;;/h1-2,7,10H,3-4H2,(H,8,9);2*1H. The van der Waals surface area contributed by atoms with Gasteiger partial charge in [-0.3, -0.25) is 5.10 Å². The lowest BCUT2D eigenvalue weighted by Gasteiger charge is -2.36. The lowest BCUT2D eigenvalue weighted by molar-refractivity contribution is -0.0186.